The number of anilines is 1. The Hall–Kier alpha value is -2.01. The molecule has 6 heteroatoms. The molecule has 1 aromatic heterocycles. The van der Waals surface area contributed by atoms with Crippen LogP contribution in [0.2, 0.25) is 5.02 Å². The summed E-state index contributed by atoms with van der Waals surface area (Å²) in [5.74, 6) is -0.257. The molecule has 1 heterocycles. The molecule has 0 radical (unpaired) electrons. The smallest absolute Gasteiger partial charge is 0.253 e. The number of hydrogen-bond donors (Lipinski definition) is 3. The number of carbonyl (C=O) groups excluding carboxylic acids is 1. The van der Waals surface area contributed by atoms with Crippen molar-refractivity contribution < 1.29 is 4.79 Å². The molecule has 0 spiro atoms. The van der Waals surface area contributed by atoms with Crippen LogP contribution in [0, 0.1) is 6.92 Å². The van der Waals surface area contributed by atoms with Crippen molar-refractivity contribution in [3.8, 4) is 0 Å². The summed E-state index contributed by atoms with van der Waals surface area (Å²) in [4.78, 5) is 11.9. The predicted octanol–water partition coefficient (Wildman–Crippen LogP) is 1.88. The molecule has 94 valence electrons. The van der Waals surface area contributed by atoms with Crippen molar-refractivity contribution in [1.82, 2.24) is 15.5 Å². The highest BCUT2D eigenvalue weighted by atomic mass is 35.5. The first-order valence-corrected chi connectivity index (χ1v) is 5.78. The third kappa shape index (κ3) is 2.46. The average Bonchev–Trinajstić information content (AvgIpc) is 2.75. The van der Waals surface area contributed by atoms with Gasteiger partial charge in [-0.3, -0.25) is 9.89 Å². The second-order valence-corrected chi connectivity index (χ2v) is 4.29. The Morgan fingerprint density at radius 2 is 2.33 bits per heavy atom. The number of aryl methyl sites for hydroxylation is 1. The van der Waals surface area contributed by atoms with Crippen molar-refractivity contribution >= 4 is 23.2 Å². The maximum absolute atomic E-state index is 11.9. The SMILES string of the molecule is Cc1[nH]ncc1CNC(=O)c1cccc(N)c1Cl. The first kappa shape index (κ1) is 12.4. The summed E-state index contributed by atoms with van der Waals surface area (Å²) in [5, 5.41) is 9.74. The number of aromatic amines is 1. The van der Waals surface area contributed by atoms with Crippen LogP contribution in [0.5, 0.6) is 0 Å². The summed E-state index contributed by atoms with van der Waals surface area (Å²) < 4.78 is 0. The lowest BCUT2D eigenvalue weighted by Gasteiger charge is -2.07. The Kier molecular flexibility index (Phi) is 3.53. The van der Waals surface area contributed by atoms with Gasteiger partial charge < -0.3 is 11.1 Å². The fraction of sp³-hybridized carbons (Fsp3) is 0.167. The number of carbonyl (C=O) groups is 1. The molecular weight excluding hydrogens is 252 g/mol. The number of halogens is 1. The third-order valence-electron chi connectivity index (χ3n) is 2.65. The van der Waals surface area contributed by atoms with E-state index in [0.717, 1.165) is 11.3 Å². The molecule has 0 bridgehead atoms. The van der Waals surface area contributed by atoms with Crippen LogP contribution in [0.4, 0.5) is 5.69 Å². The van der Waals surface area contributed by atoms with E-state index in [4.69, 9.17) is 17.3 Å². The van der Waals surface area contributed by atoms with Crippen LogP contribution in [0.25, 0.3) is 0 Å². The van der Waals surface area contributed by atoms with Crippen LogP contribution >= 0.6 is 11.6 Å². The molecule has 2 rings (SSSR count). The molecule has 1 amide bonds. The highest BCUT2D eigenvalue weighted by Gasteiger charge is 2.12. The van der Waals surface area contributed by atoms with Crippen molar-refractivity contribution in [2.45, 2.75) is 13.5 Å². The number of hydrogen-bond acceptors (Lipinski definition) is 3. The molecule has 0 atom stereocenters. The minimum Gasteiger partial charge on any atom is -0.398 e. The van der Waals surface area contributed by atoms with Gasteiger partial charge in [0.1, 0.15) is 0 Å². The Balaban J connectivity index is 2.09. The van der Waals surface area contributed by atoms with E-state index >= 15 is 0 Å². The molecule has 5 nitrogen and oxygen atoms in total. The molecular formula is C12H13ClN4O. The van der Waals surface area contributed by atoms with Crippen molar-refractivity contribution in [2.75, 3.05) is 5.73 Å². The minimum atomic E-state index is -0.257. The van der Waals surface area contributed by atoms with Gasteiger partial charge in [0.05, 0.1) is 22.5 Å². The Bertz CT molecular complexity index is 579. The third-order valence-corrected chi connectivity index (χ3v) is 3.07. The number of rotatable bonds is 3. The fourth-order valence-corrected chi connectivity index (χ4v) is 1.76. The summed E-state index contributed by atoms with van der Waals surface area (Å²) in [6, 6.07) is 4.98. The first-order valence-electron chi connectivity index (χ1n) is 5.40. The number of aromatic nitrogens is 2. The molecule has 0 aliphatic heterocycles. The molecule has 0 aliphatic rings. The van der Waals surface area contributed by atoms with E-state index in [1.54, 1.807) is 24.4 Å². The molecule has 0 saturated carbocycles. The van der Waals surface area contributed by atoms with Gasteiger partial charge in [-0.05, 0) is 19.1 Å². The van der Waals surface area contributed by atoms with Gasteiger partial charge in [0.25, 0.3) is 5.91 Å². The van der Waals surface area contributed by atoms with E-state index in [9.17, 15) is 4.79 Å². The number of nitrogens with two attached hydrogens (primary N) is 1. The highest BCUT2D eigenvalue weighted by Crippen LogP contribution is 2.22. The Labute approximate surface area is 109 Å². The number of nitrogens with zero attached hydrogens (tertiary/aromatic N) is 1. The normalized spacial score (nSPS) is 10.3. The molecule has 1 aromatic carbocycles. The van der Waals surface area contributed by atoms with Gasteiger partial charge >= 0.3 is 0 Å². The minimum absolute atomic E-state index is 0.257. The van der Waals surface area contributed by atoms with E-state index in [1.807, 2.05) is 6.92 Å². The second-order valence-electron chi connectivity index (χ2n) is 3.91. The highest BCUT2D eigenvalue weighted by molar-refractivity contribution is 6.36. The lowest BCUT2D eigenvalue weighted by atomic mass is 10.2. The van der Waals surface area contributed by atoms with Crippen LogP contribution in [0.3, 0.4) is 0 Å². The number of benzene rings is 1. The van der Waals surface area contributed by atoms with Gasteiger partial charge in [-0.15, -0.1) is 0 Å². The van der Waals surface area contributed by atoms with Gasteiger partial charge in [0.2, 0.25) is 0 Å². The fourth-order valence-electron chi connectivity index (χ4n) is 1.55. The van der Waals surface area contributed by atoms with E-state index in [1.165, 1.54) is 0 Å². The van der Waals surface area contributed by atoms with Gasteiger partial charge in [-0.25, -0.2) is 0 Å². The van der Waals surface area contributed by atoms with E-state index in [-0.39, 0.29) is 10.9 Å². The van der Waals surface area contributed by atoms with Crippen LogP contribution < -0.4 is 11.1 Å². The monoisotopic (exact) mass is 264 g/mol. The number of amides is 1. The molecule has 0 unspecified atom stereocenters. The van der Waals surface area contributed by atoms with Crippen molar-refractivity contribution in [3.05, 3.63) is 46.2 Å². The lowest BCUT2D eigenvalue weighted by molar-refractivity contribution is 0.0951. The molecule has 2 aromatic rings. The molecule has 0 saturated heterocycles. The first-order chi connectivity index (χ1) is 8.59. The van der Waals surface area contributed by atoms with Crippen LogP contribution in [-0.4, -0.2) is 16.1 Å². The predicted molar refractivity (Wildman–Crippen MR) is 70.4 cm³/mol. The summed E-state index contributed by atoms with van der Waals surface area (Å²) >= 11 is 5.98. The van der Waals surface area contributed by atoms with E-state index in [2.05, 4.69) is 15.5 Å². The average molecular weight is 265 g/mol. The summed E-state index contributed by atoms with van der Waals surface area (Å²) in [7, 11) is 0. The zero-order chi connectivity index (χ0) is 13.1. The van der Waals surface area contributed by atoms with Crippen molar-refractivity contribution in [2.24, 2.45) is 0 Å². The molecule has 4 N–H and O–H groups in total. The van der Waals surface area contributed by atoms with Gasteiger partial charge in [-0.1, -0.05) is 17.7 Å². The summed E-state index contributed by atoms with van der Waals surface area (Å²) in [6.07, 6.45) is 1.68. The van der Waals surface area contributed by atoms with E-state index < -0.39 is 0 Å². The van der Waals surface area contributed by atoms with Crippen LogP contribution in [0.1, 0.15) is 21.6 Å². The van der Waals surface area contributed by atoms with Crippen molar-refractivity contribution in [1.29, 1.82) is 0 Å². The maximum atomic E-state index is 11.9. The largest absolute Gasteiger partial charge is 0.398 e. The van der Waals surface area contributed by atoms with Gasteiger partial charge in [0.15, 0.2) is 0 Å². The van der Waals surface area contributed by atoms with Crippen molar-refractivity contribution in [3.63, 3.8) is 0 Å². The Morgan fingerprint density at radius 3 is 3.00 bits per heavy atom. The van der Waals surface area contributed by atoms with E-state index in [0.29, 0.717) is 17.8 Å². The zero-order valence-corrected chi connectivity index (χ0v) is 10.6. The van der Waals surface area contributed by atoms with Gasteiger partial charge in [0, 0.05) is 17.8 Å². The lowest BCUT2D eigenvalue weighted by Crippen LogP contribution is -2.23. The molecule has 0 fully saturated rings. The standard InChI is InChI=1S/C12H13ClN4O/c1-7-8(6-16-17-7)5-15-12(18)9-3-2-4-10(14)11(9)13/h2-4,6H,5,14H2,1H3,(H,15,18)(H,16,17). The zero-order valence-electron chi connectivity index (χ0n) is 9.83. The van der Waals surface area contributed by atoms with Crippen LogP contribution in [-0.2, 0) is 6.54 Å². The topological polar surface area (TPSA) is 83.8 Å². The summed E-state index contributed by atoms with van der Waals surface area (Å²) in [5.41, 5.74) is 8.27. The summed E-state index contributed by atoms with van der Waals surface area (Å²) in [6.45, 7) is 2.29. The van der Waals surface area contributed by atoms with Gasteiger partial charge in [-0.2, -0.15) is 5.10 Å². The number of nitrogen functional groups attached to an aromatic ring is 1. The number of nitrogens with one attached hydrogen (secondary N) is 2. The molecule has 18 heavy (non-hydrogen) atoms. The number of H-pyrrole nitrogens is 1. The molecule has 0 aliphatic carbocycles. The van der Waals surface area contributed by atoms with Crippen LogP contribution in [0.15, 0.2) is 24.4 Å². The second kappa shape index (κ2) is 5.10. The Morgan fingerprint density at radius 1 is 1.56 bits per heavy atom. The quantitative estimate of drug-likeness (QED) is 0.740. The maximum Gasteiger partial charge on any atom is 0.253 e.